The number of para-hydroxylation sites is 2. The van der Waals surface area contributed by atoms with Gasteiger partial charge in [-0.05, 0) is 38.1 Å². The molecule has 1 aliphatic heterocycles. The average molecular weight is 352 g/mol. The quantitative estimate of drug-likeness (QED) is 0.862. The van der Waals surface area contributed by atoms with Gasteiger partial charge in [0.05, 0.1) is 0 Å². The predicted molar refractivity (Wildman–Crippen MR) is 103 cm³/mol. The van der Waals surface area contributed by atoms with Crippen molar-refractivity contribution in [3.63, 3.8) is 0 Å². The zero-order chi connectivity index (χ0) is 18.5. The van der Waals surface area contributed by atoms with Crippen LogP contribution >= 0.6 is 0 Å². The Labute approximate surface area is 153 Å². The Morgan fingerprint density at radius 2 is 1.08 bits per heavy atom. The highest BCUT2D eigenvalue weighted by molar-refractivity contribution is 5.91. The van der Waals surface area contributed by atoms with Crippen LogP contribution in [0.5, 0.6) is 0 Å². The molecule has 1 aliphatic rings. The molecule has 0 aromatic heterocycles. The van der Waals surface area contributed by atoms with E-state index < -0.39 is 0 Å². The fraction of sp³-hybridized carbons (Fsp3) is 0.300. The van der Waals surface area contributed by atoms with Crippen molar-refractivity contribution in [3.05, 3.63) is 60.7 Å². The van der Waals surface area contributed by atoms with E-state index in [0.717, 1.165) is 11.4 Å². The van der Waals surface area contributed by atoms with Gasteiger partial charge in [-0.25, -0.2) is 9.59 Å². The molecule has 1 saturated heterocycles. The topological polar surface area (TPSA) is 64.7 Å². The van der Waals surface area contributed by atoms with E-state index in [0.29, 0.717) is 13.1 Å². The minimum absolute atomic E-state index is 0.0727. The lowest BCUT2D eigenvalue weighted by atomic mass is 10.1. The third kappa shape index (κ3) is 4.14. The van der Waals surface area contributed by atoms with Crippen molar-refractivity contribution in [2.24, 2.45) is 0 Å². The van der Waals surface area contributed by atoms with Crippen molar-refractivity contribution in [2.45, 2.75) is 25.9 Å². The van der Waals surface area contributed by atoms with Crippen LogP contribution in [-0.2, 0) is 0 Å². The number of urea groups is 2. The van der Waals surface area contributed by atoms with Crippen LogP contribution in [0.1, 0.15) is 13.8 Å². The van der Waals surface area contributed by atoms with Crippen molar-refractivity contribution < 1.29 is 9.59 Å². The first-order valence-electron chi connectivity index (χ1n) is 8.80. The van der Waals surface area contributed by atoms with Gasteiger partial charge >= 0.3 is 12.1 Å². The van der Waals surface area contributed by atoms with Gasteiger partial charge in [0, 0.05) is 36.5 Å². The first-order chi connectivity index (χ1) is 12.5. The Hall–Kier alpha value is -3.02. The minimum Gasteiger partial charge on any atom is -0.318 e. The number of rotatable bonds is 2. The second kappa shape index (κ2) is 7.91. The summed E-state index contributed by atoms with van der Waals surface area (Å²) in [6.07, 6.45) is 0. The minimum atomic E-state index is -0.140. The van der Waals surface area contributed by atoms with Crippen LogP contribution < -0.4 is 10.6 Å². The van der Waals surface area contributed by atoms with Crippen LogP contribution in [0.2, 0.25) is 0 Å². The van der Waals surface area contributed by atoms with Crippen LogP contribution in [-0.4, -0.2) is 47.0 Å². The monoisotopic (exact) mass is 352 g/mol. The lowest BCUT2D eigenvalue weighted by molar-refractivity contribution is 0.0917. The van der Waals surface area contributed by atoms with Gasteiger partial charge in [-0.15, -0.1) is 0 Å². The molecule has 136 valence electrons. The second-order valence-corrected chi connectivity index (χ2v) is 6.60. The molecule has 2 N–H and O–H groups in total. The summed E-state index contributed by atoms with van der Waals surface area (Å²) in [7, 11) is 0. The SMILES string of the molecule is C[C@H]1CN(C(=O)Nc2ccccc2)[C@@H](C)CN1C(=O)Nc1ccccc1. The number of nitrogens with one attached hydrogen (secondary N) is 2. The summed E-state index contributed by atoms with van der Waals surface area (Å²) in [6, 6.07) is 18.3. The van der Waals surface area contributed by atoms with Crippen LogP contribution in [0.4, 0.5) is 21.0 Å². The predicted octanol–water partition coefficient (Wildman–Crippen LogP) is 3.85. The maximum atomic E-state index is 12.6. The number of hydrogen-bond donors (Lipinski definition) is 2. The molecule has 6 heteroatoms. The molecule has 2 atom stereocenters. The fourth-order valence-electron chi connectivity index (χ4n) is 3.13. The van der Waals surface area contributed by atoms with Crippen LogP contribution in [0.3, 0.4) is 0 Å². The molecular formula is C20H24N4O2. The highest BCUT2D eigenvalue weighted by Gasteiger charge is 2.34. The Balaban J connectivity index is 1.61. The Kier molecular flexibility index (Phi) is 5.41. The summed E-state index contributed by atoms with van der Waals surface area (Å²) >= 11 is 0. The molecule has 1 heterocycles. The Morgan fingerprint density at radius 1 is 0.731 bits per heavy atom. The van der Waals surface area contributed by atoms with E-state index in [4.69, 9.17) is 0 Å². The molecule has 2 aromatic carbocycles. The van der Waals surface area contributed by atoms with E-state index in [9.17, 15) is 9.59 Å². The smallest absolute Gasteiger partial charge is 0.318 e. The molecule has 4 amide bonds. The second-order valence-electron chi connectivity index (χ2n) is 6.60. The third-order valence-corrected chi connectivity index (χ3v) is 4.56. The van der Waals surface area contributed by atoms with E-state index in [1.165, 1.54) is 0 Å². The van der Waals surface area contributed by atoms with Gasteiger partial charge in [-0.2, -0.15) is 0 Å². The number of anilines is 2. The summed E-state index contributed by atoms with van der Waals surface area (Å²) in [6.45, 7) is 4.89. The van der Waals surface area contributed by atoms with E-state index >= 15 is 0 Å². The summed E-state index contributed by atoms with van der Waals surface area (Å²) < 4.78 is 0. The number of amides is 4. The van der Waals surface area contributed by atoms with Crippen molar-refractivity contribution in [2.75, 3.05) is 23.7 Å². The fourth-order valence-corrected chi connectivity index (χ4v) is 3.13. The van der Waals surface area contributed by atoms with Gasteiger partial charge in [0.25, 0.3) is 0 Å². The van der Waals surface area contributed by atoms with Crippen LogP contribution in [0, 0.1) is 0 Å². The number of hydrogen-bond acceptors (Lipinski definition) is 2. The van der Waals surface area contributed by atoms with Crippen molar-refractivity contribution in [1.82, 2.24) is 9.80 Å². The number of piperazine rings is 1. The van der Waals surface area contributed by atoms with Gasteiger partial charge in [-0.1, -0.05) is 36.4 Å². The normalized spacial score (nSPS) is 19.8. The Bertz CT molecular complexity index is 685. The third-order valence-electron chi connectivity index (χ3n) is 4.56. The van der Waals surface area contributed by atoms with Gasteiger partial charge in [0.1, 0.15) is 0 Å². The largest absolute Gasteiger partial charge is 0.322 e. The van der Waals surface area contributed by atoms with E-state index in [2.05, 4.69) is 10.6 Å². The van der Waals surface area contributed by atoms with Crippen LogP contribution in [0.25, 0.3) is 0 Å². The number of carbonyl (C=O) groups is 2. The molecule has 1 fully saturated rings. The van der Waals surface area contributed by atoms with Gasteiger partial charge in [-0.3, -0.25) is 0 Å². The zero-order valence-electron chi connectivity index (χ0n) is 15.1. The summed E-state index contributed by atoms with van der Waals surface area (Å²) in [5.41, 5.74) is 1.53. The van der Waals surface area contributed by atoms with Gasteiger partial charge in [0.2, 0.25) is 0 Å². The number of benzene rings is 2. The summed E-state index contributed by atoms with van der Waals surface area (Å²) in [5, 5.41) is 5.83. The first-order valence-corrected chi connectivity index (χ1v) is 8.80. The number of nitrogens with zero attached hydrogens (tertiary/aromatic N) is 2. The molecule has 0 aliphatic carbocycles. The molecular weight excluding hydrogens is 328 g/mol. The lowest BCUT2D eigenvalue weighted by Crippen LogP contribution is -2.61. The number of carbonyl (C=O) groups excluding carboxylic acids is 2. The molecule has 0 bridgehead atoms. The lowest BCUT2D eigenvalue weighted by Gasteiger charge is -2.43. The molecule has 0 radical (unpaired) electrons. The maximum absolute atomic E-state index is 12.6. The summed E-state index contributed by atoms with van der Waals surface area (Å²) in [4.78, 5) is 28.7. The Morgan fingerprint density at radius 3 is 1.42 bits per heavy atom. The van der Waals surface area contributed by atoms with Gasteiger partial charge < -0.3 is 20.4 Å². The molecule has 6 nitrogen and oxygen atoms in total. The molecule has 26 heavy (non-hydrogen) atoms. The van der Waals surface area contributed by atoms with E-state index in [-0.39, 0.29) is 24.1 Å². The van der Waals surface area contributed by atoms with E-state index in [1.54, 1.807) is 9.80 Å². The molecule has 3 rings (SSSR count). The molecule has 0 saturated carbocycles. The highest BCUT2D eigenvalue weighted by atomic mass is 16.2. The van der Waals surface area contributed by atoms with Crippen molar-refractivity contribution >= 4 is 23.4 Å². The van der Waals surface area contributed by atoms with Crippen molar-refractivity contribution in [1.29, 1.82) is 0 Å². The molecule has 0 unspecified atom stereocenters. The standard InChI is InChI=1S/C20H24N4O2/c1-15-13-24(20(26)22-18-11-7-4-8-12-18)16(2)14-23(15)19(25)21-17-9-5-3-6-10-17/h3-12,15-16H,13-14H2,1-2H3,(H,21,25)(H,22,26)/t15-,16-/m0/s1. The van der Waals surface area contributed by atoms with Crippen LogP contribution in [0.15, 0.2) is 60.7 Å². The average Bonchev–Trinajstić information content (AvgIpc) is 2.64. The molecule has 0 spiro atoms. The summed E-state index contributed by atoms with van der Waals surface area (Å²) in [5.74, 6) is 0. The van der Waals surface area contributed by atoms with Gasteiger partial charge in [0.15, 0.2) is 0 Å². The maximum Gasteiger partial charge on any atom is 0.322 e. The van der Waals surface area contributed by atoms with Crippen molar-refractivity contribution in [3.8, 4) is 0 Å². The van der Waals surface area contributed by atoms with E-state index in [1.807, 2.05) is 74.5 Å². The first kappa shape index (κ1) is 17.8. The highest BCUT2D eigenvalue weighted by Crippen LogP contribution is 2.18. The molecule has 2 aromatic rings. The zero-order valence-corrected chi connectivity index (χ0v) is 15.1.